The quantitative estimate of drug-likeness (QED) is 0.658. The van der Waals surface area contributed by atoms with Crippen molar-refractivity contribution in [3.63, 3.8) is 0 Å². The van der Waals surface area contributed by atoms with Crippen molar-refractivity contribution in [2.75, 3.05) is 6.54 Å². The zero-order chi connectivity index (χ0) is 10.9. The van der Waals surface area contributed by atoms with Gasteiger partial charge in [-0.15, -0.1) is 0 Å². The molecule has 2 heteroatoms. The van der Waals surface area contributed by atoms with Gasteiger partial charge in [-0.05, 0) is 25.3 Å². The van der Waals surface area contributed by atoms with Gasteiger partial charge >= 0.3 is 0 Å². The van der Waals surface area contributed by atoms with Crippen molar-refractivity contribution in [2.24, 2.45) is 11.7 Å². The molecule has 0 heterocycles. The number of hydrogen-bond acceptors (Lipinski definition) is 2. The van der Waals surface area contributed by atoms with Crippen molar-refractivity contribution >= 4 is 5.78 Å². The van der Waals surface area contributed by atoms with E-state index in [0.29, 0.717) is 11.7 Å². The standard InChI is InChI=1S/C13H25NO/c14-10-6-2-5-9-13(15)11-12-7-3-1-4-8-12/h12H,1-11,14H2. The lowest BCUT2D eigenvalue weighted by atomic mass is 9.85. The Labute approximate surface area is 93.6 Å². The van der Waals surface area contributed by atoms with E-state index in [1.807, 2.05) is 0 Å². The molecule has 0 radical (unpaired) electrons. The smallest absolute Gasteiger partial charge is 0.133 e. The lowest BCUT2D eigenvalue weighted by Gasteiger charge is -2.20. The van der Waals surface area contributed by atoms with Gasteiger partial charge in [0.2, 0.25) is 0 Å². The minimum Gasteiger partial charge on any atom is -0.330 e. The molecule has 88 valence electrons. The van der Waals surface area contributed by atoms with Gasteiger partial charge in [-0.1, -0.05) is 38.5 Å². The Morgan fingerprint density at radius 2 is 1.80 bits per heavy atom. The predicted octanol–water partition coefficient (Wildman–Crippen LogP) is 3.05. The number of rotatable bonds is 7. The van der Waals surface area contributed by atoms with Crippen LogP contribution < -0.4 is 5.73 Å². The van der Waals surface area contributed by atoms with E-state index in [1.54, 1.807) is 0 Å². The van der Waals surface area contributed by atoms with Crippen molar-refractivity contribution in [1.29, 1.82) is 0 Å². The summed E-state index contributed by atoms with van der Waals surface area (Å²) in [5.74, 6) is 1.19. The maximum Gasteiger partial charge on any atom is 0.133 e. The van der Waals surface area contributed by atoms with Crippen molar-refractivity contribution in [3.05, 3.63) is 0 Å². The summed E-state index contributed by atoms with van der Waals surface area (Å²) in [7, 11) is 0. The van der Waals surface area contributed by atoms with Crippen molar-refractivity contribution in [2.45, 2.75) is 64.2 Å². The summed E-state index contributed by atoms with van der Waals surface area (Å²) in [6.07, 6.45) is 11.5. The normalized spacial score (nSPS) is 17.9. The van der Waals surface area contributed by atoms with E-state index >= 15 is 0 Å². The van der Waals surface area contributed by atoms with Crippen LogP contribution in [-0.2, 0) is 4.79 Å². The van der Waals surface area contributed by atoms with E-state index in [1.165, 1.54) is 32.1 Å². The Kier molecular flexibility index (Phi) is 6.66. The molecular formula is C13H25NO. The van der Waals surface area contributed by atoms with Gasteiger partial charge in [0.15, 0.2) is 0 Å². The van der Waals surface area contributed by atoms with Crippen LogP contribution in [0.15, 0.2) is 0 Å². The summed E-state index contributed by atoms with van der Waals surface area (Å²) in [6, 6.07) is 0. The van der Waals surface area contributed by atoms with Crippen LogP contribution in [0.25, 0.3) is 0 Å². The van der Waals surface area contributed by atoms with Crippen LogP contribution in [0.3, 0.4) is 0 Å². The Balaban J connectivity index is 2.01. The first-order valence-corrected chi connectivity index (χ1v) is 6.54. The van der Waals surface area contributed by atoms with Crippen LogP contribution in [0.1, 0.15) is 64.2 Å². The highest BCUT2D eigenvalue weighted by Gasteiger charge is 2.16. The fourth-order valence-electron chi connectivity index (χ4n) is 2.46. The number of unbranched alkanes of at least 4 members (excludes halogenated alkanes) is 2. The van der Waals surface area contributed by atoms with E-state index in [0.717, 1.165) is 38.6 Å². The van der Waals surface area contributed by atoms with Gasteiger partial charge in [0.25, 0.3) is 0 Å². The SMILES string of the molecule is NCCCCCC(=O)CC1CCCCC1. The molecule has 0 aromatic heterocycles. The topological polar surface area (TPSA) is 43.1 Å². The fraction of sp³-hybridized carbons (Fsp3) is 0.923. The number of Topliss-reactive ketones (excluding diaryl/α,β-unsaturated/α-hetero) is 1. The monoisotopic (exact) mass is 211 g/mol. The molecule has 0 saturated heterocycles. The van der Waals surface area contributed by atoms with Gasteiger partial charge in [0.1, 0.15) is 5.78 Å². The highest BCUT2D eigenvalue weighted by molar-refractivity contribution is 5.78. The third-order valence-corrected chi connectivity index (χ3v) is 3.40. The van der Waals surface area contributed by atoms with Gasteiger partial charge in [0.05, 0.1) is 0 Å². The van der Waals surface area contributed by atoms with Gasteiger partial charge in [-0.3, -0.25) is 4.79 Å². The first kappa shape index (κ1) is 12.7. The average molecular weight is 211 g/mol. The fourth-order valence-corrected chi connectivity index (χ4v) is 2.46. The summed E-state index contributed by atoms with van der Waals surface area (Å²) < 4.78 is 0. The highest BCUT2D eigenvalue weighted by Crippen LogP contribution is 2.26. The molecule has 0 unspecified atom stereocenters. The third-order valence-electron chi connectivity index (χ3n) is 3.40. The summed E-state index contributed by atoms with van der Waals surface area (Å²) >= 11 is 0. The molecule has 15 heavy (non-hydrogen) atoms. The third kappa shape index (κ3) is 5.93. The molecule has 0 spiro atoms. The first-order chi connectivity index (χ1) is 7.33. The predicted molar refractivity (Wildman–Crippen MR) is 63.7 cm³/mol. The second-order valence-electron chi connectivity index (χ2n) is 4.85. The van der Waals surface area contributed by atoms with Crippen molar-refractivity contribution < 1.29 is 4.79 Å². The Morgan fingerprint density at radius 3 is 2.47 bits per heavy atom. The lowest BCUT2D eigenvalue weighted by Crippen LogP contribution is -2.12. The number of carbonyl (C=O) groups excluding carboxylic acids is 1. The molecule has 0 aliphatic heterocycles. The maximum absolute atomic E-state index is 11.6. The van der Waals surface area contributed by atoms with Crippen LogP contribution in [0, 0.1) is 5.92 Å². The minimum absolute atomic E-state index is 0.485. The molecule has 0 bridgehead atoms. The molecule has 0 aromatic rings. The minimum atomic E-state index is 0.485. The molecule has 1 saturated carbocycles. The van der Waals surface area contributed by atoms with E-state index in [4.69, 9.17) is 5.73 Å². The Bertz CT molecular complexity index is 173. The van der Waals surface area contributed by atoms with Crippen LogP contribution in [-0.4, -0.2) is 12.3 Å². The van der Waals surface area contributed by atoms with E-state index in [-0.39, 0.29) is 0 Å². The first-order valence-electron chi connectivity index (χ1n) is 6.54. The molecule has 1 rings (SSSR count). The van der Waals surface area contributed by atoms with Crippen molar-refractivity contribution in [1.82, 2.24) is 0 Å². The second-order valence-corrected chi connectivity index (χ2v) is 4.85. The molecule has 2 nitrogen and oxygen atoms in total. The largest absolute Gasteiger partial charge is 0.330 e. The molecular weight excluding hydrogens is 186 g/mol. The van der Waals surface area contributed by atoms with Crippen LogP contribution in [0.4, 0.5) is 0 Å². The number of hydrogen-bond donors (Lipinski definition) is 1. The van der Waals surface area contributed by atoms with Gasteiger partial charge in [-0.25, -0.2) is 0 Å². The molecule has 1 aliphatic carbocycles. The Morgan fingerprint density at radius 1 is 1.07 bits per heavy atom. The number of ketones is 1. The van der Waals surface area contributed by atoms with Crippen LogP contribution in [0.5, 0.6) is 0 Å². The molecule has 0 atom stereocenters. The molecule has 2 N–H and O–H groups in total. The van der Waals surface area contributed by atoms with Gasteiger partial charge in [-0.2, -0.15) is 0 Å². The summed E-state index contributed by atoms with van der Waals surface area (Å²) in [6.45, 7) is 0.761. The molecule has 1 fully saturated rings. The van der Waals surface area contributed by atoms with E-state index in [2.05, 4.69) is 0 Å². The average Bonchev–Trinajstić information content (AvgIpc) is 2.26. The van der Waals surface area contributed by atoms with Crippen LogP contribution in [0.2, 0.25) is 0 Å². The summed E-state index contributed by atoms with van der Waals surface area (Å²) in [5.41, 5.74) is 5.41. The van der Waals surface area contributed by atoms with Gasteiger partial charge in [0, 0.05) is 12.8 Å². The van der Waals surface area contributed by atoms with E-state index in [9.17, 15) is 4.79 Å². The Hall–Kier alpha value is -0.370. The van der Waals surface area contributed by atoms with Crippen molar-refractivity contribution in [3.8, 4) is 0 Å². The summed E-state index contributed by atoms with van der Waals surface area (Å²) in [4.78, 5) is 11.6. The second kappa shape index (κ2) is 7.86. The zero-order valence-corrected chi connectivity index (χ0v) is 9.84. The highest BCUT2D eigenvalue weighted by atomic mass is 16.1. The van der Waals surface area contributed by atoms with E-state index < -0.39 is 0 Å². The molecule has 1 aliphatic rings. The van der Waals surface area contributed by atoms with Crippen LogP contribution >= 0.6 is 0 Å². The number of nitrogens with two attached hydrogens (primary N) is 1. The number of carbonyl (C=O) groups is 1. The lowest BCUT2D eigenvalue weighted by molar-refractivity contribution is -0.120. The summed E-state index contributed by atoms with van der Waals surface area (Å²) in [5, 5.41) is 0. The maximum atomic E-state index is 11.6. The molecule has 0 aromatic carbocycles. The zero-order valence-electron chi connectivity index (χ0n) is 9.84. The molecule has 0 amide bonds. The van der Waals surface area contributed by atoms with Gasteiger partial charge < -0.3 is 5.73 Å².